The van der Waals surface area contributed by atoms with Crippen LogP contribution >= 0.6 is 0 Å². The predicted molar refractivity (Wildman–Crippen MR) is 60.1 cm³/mol. The van der Waals surface area contributed by atoms with Gasteiger partial charge in [0.2, 0.25) is 0 Å². The third-order valence-electron chi connectivity index (χ3n) is 2.38. The maximum absolute atomic E-state index is 10.9. The van der Waals surface area contributed by atoms with Gasteiger partial charge in [0.05, 0.1) is 11.1 Å². The molecule has 0 saturated heterocycles. The Kier molecular flexibility index (Phi) is 8.67. The van der Waals surface area contributed by atoms with Gasteiger partial charge in [0.15, 0.2) is 0 Å². The number of fused-ring (bicyclic) bond motifs is 1. The van der Waals surface area contributed by atoms with Gasteiger partial charge in [-0.25, -0.2) is 9.59 Å². The van der Waals surface area contributed by atoms with E-state index in [1.807, 2.05) is 0 Å². The van der Waals surface area contributed by atoms with Crippen LogP contribution < -0.4 is 103 Å². The minimum Gasteiger partial charge on any atom is -1.00 e. The van der Waals surface area contributed by atoms with Gasteiger partial charge >= 0.3 is 115 Å². The van der Waals surface area contributed by atoms with E-state index in [4.69, 9.17) is 10.2 Å². The van der Waals surface area contributed by atoms with Crippen LogP contribution in [0.2, 0.25) is 0 Å². The van der Waals surface area contributed by atoms with Crippen molar-refractivity contribution in [1.82, 2.24) is 0 Å². The van der Waals surface area contributed by atoms with Crippen LogP contribution in [0.1, 0.15) is 23.6 Å². The molecule has 0 amide bonds. The average Bonchev–Trinajstić information content (AvgIpc) is 2.27. The van der Waals surface area contributed by atoms with Crippen LogP contribution in [0.5, 0.6) is 0 Å². The van der Waals surface area contributed by atoms with Crippen LogP contribution in [-0.4, -0.2) is 22.2 Å². The predicted octanol–water partition coefficient (Wildman–Crippen LogP) is -3.53. The Balaban J connectivity index is -0.000000722. The number of rotatable bonds is 2. The smallest absolute Gasteiger partial charge is 1.00 e. The van der Waals surface area contributed by atoms with Crippen molar-refractivity contribution in [2.75, 3.05) is 0 Å². The molecule has 2 aromatic carbocycles. The van der Waals surface area contributed by atoms with Crippen molar-refractivity contribution in [2.45, 2.75) is 0 Å². The second-order valence-electron chi connectivity index (χ2n) is 3.32. The van der Waals surface area contributed by atoms with Crippen molar-refractivity contribution < 1.29 is 125 Å². The fourth-order valence-electron chi connectivity index (χ4n) is 1.68. The van der Waals surface area contributed by atoms with Gasteiger partial charge in [-0.05, 0) is 22.9 Å². The van der Waals surface area contributed by atoms with E-state index in [2.05, 4.69) is 0 Å². The number of carbonyl (C=O) groups is 2. The molecule has 84 valence electrons. The first-order valence-corrected chi connectivity index (χ1v) is 4.59. The zero-order valence-corrected chi connectivity index (χ0v) is 16.4. The topological polar surface area (TPSA) is 74.6 Å². The quantitative estimate of drug-likeness (QED) is 0.563. The molecule has 0 aromatic heterocycles. The summed E-state index contributed by atoms with van der Waals surface area (Å²) >= 11 is 0. The van der Waals surface area contributed by atoms with Gasteiger partial charge in [0.25, 0.3) is 0 Å². The van der Waals surface area contributed by atoms with E-state index in [0.29, 0.717) is 10.8 Å². The molecule has 2 rings (SSSR count). The van der Waals surface area contributed by atoms with Gasteiger partial charge < -0.3 is 13.1 Å². The Morgan fingerprint density at radius 3 is 1.39 bits per heavy atom. The van der Waals surface area contributed by atoms with Crippen molar-refractivity contribution in [2.24, 2.45) is 0 Å². The molecule has 0 radical (unpaired) electrons. The Labute approximate surface area is 192 Å². The summed E-state index contributed by atoms with van der Waals surface area (Å²) in [6.07, 6.45) is 0. The number of hydrogen-bond acceptors (Lipinski definition) is 2. The third-order valence-corrected chi connectivity index (χ3v) is 2.38. The summed E-state index contributed by atoms with van der Waals surface area (Å²) in [4.78, 5) is 21.9. The Hall–Kier alpha value is 0.913. The SMILES string of the molecule is O=C(O)c1cccc2c(C(=O)O)cccc12.[H-].[H-].[K+].[K+]. The van der Waals surface area contributed by atoms with Gasteiger partial charge in [-0.2, -0.15) is 0 Å². The van der Waals surface area contributed by atoms with Gasteiger partial charge in [-0.15, -0.1) is 0 Å². The monoisotopic (exact) mass is 296 g/mol. The summed E-state index contributed by atoms with van der Waals surface area (Å²) in [7, 11) is 0. The molecule has 0 spiro atoms. The van der Waals surface area contributed by atoms with E-state index in [1.54, 1.807) is 12.1 Å². The first-order chi connectivity index (χ1) is 7.61. The summed E-state index contributed by atoms with van der Waals surface area (Å²) in [5.74, 6) is -2.12. The van der Waals surface area contributed by atoms with E-state index in [0.717, 1.165) is 0 Å². The number of aromatic carboxylic acids is 2. The zero-order chi connectivity index (χ0) is 11.7. The molecule has 6 heteroatoms. The van der Waals surface area contributed by atoms with Gasteiger partial charge in [-0.1, -0.05) is 24.3 Å². The molecule has 0 aliphatic rings. The Bertz CT molecular complexity index is 552. The second kappa shape index (κ2) is 8.26. The number of carboxylic acid groups (broad SMARTS) is 2. The normalized spacial score (nSPS) is 9.11. The molecular weight excluding hydrogens is 286 g/mol. The van der Waals surface area contributed by atoms with Crippen molar-refractivity contribution in [3.8, 4) is 0 Å². The van der Waals surface area contributed by atoms with E-state index in [9.17, 15) is 9.59 Å². The molecule has 0 atom stereocenters. The van der Waals surface area contributed by atoms with Crippen molar-refractivity contribution in [3.05, 3.63) is 47.5 Å². The minimum atomic E-state index is -1.06. The number of carboxylic acids is 2. The van der Waals surface area contributed by atoms with Crippen molar-refractivity contribution in [3.63, 3.8) is 0 Å². The average molecular weight is 296 g/mol. The molecule has 0 unspecified atom stereocenters. The fraction of sp³-hybridized carbons (Fsp3) is 0. The summed E-state index contributed by atoms with van der Waals surface area (Å²) in [6, 6.07) is 9.19. The second-order valence-corrected chi connectivity index (χ2v) is 3.32. The summed E-state index contributed by atoms with van der Waals surface area (Å²) < 4.78 is 0. The molecule has 0 aliphatic carbocycles. The van der Waals surface area contributed by atoms with Gasteiger partial charge in [0, 0.05) is 0 Å². The maximum atomic E-state index is 10.9. The van der Waals surface area contributed by atoms with Gasteiger partial charge in [-0.3, -0.25) is 0 Å². The first-order valence-electron chi connectivity index (χ1n) is 4.59. The standard InChI is InChI=1S/C12H8O4.2K.2H/c13-11(14)9-5-1-3-7-8(9)4-2-6-10(7)12(15)16;;;;/h1-6H,(H,13,14)(H,15,16);;;;/q;2*+1;2*-1. The molecule has 4 nitrogen and oxygen atoms in total. The van der Waals surface area contributed by atoms with Crippen LogP contribution in [0.15, 0.2) is 36.4 Å². The fourth-order valence-corrected chi connectivity index (χ4v) is 1.68. The largest absolute Gasteiger partial charge is 1.00 e. The molecule has 0 fully saturated rings. The first kappa shape index (κ1) is 18.9. The number of hydrogen-bond donors (Lipinski definition) is 2. The Morgan fingerprint density at radius 2 is 1.11 bits per heavy atom. The van der Waals surface area contributed by atoms with Gasteiger partial charge in [0.1, 0.15) is 0 Å². The molecule has 2 N–H and O–H groups in total. The Morgan fingerprint density at radius 1 is 0.778 bits per heavy atom. The van der Waals surface area contributed by atoms with E-state index < -0.39 is 11.9 Å². The molecule has 0 saturated carbocycles. The van der Waals surface area contributed by atoms with E-state index >= 15 is 0 Å². The number of benzene rings is 2. The summed E-state index contributed by atoms with van der Waals surface area (Å²) in [5.41, 5.74) is 0.223. The van der Waals surface area contributed by atoms with Crippen LogP contribution in [0.25, 0.3) is 10.8 Å². The summed E-state index contributed by atoms with van der Waals surface area (Å²) in [5, 5.41) is 18.8. The van der Waals surface area contributed by atoms with Crippen LogP contribution in [-0.2, 0) is 0 Å². The molecular formula is C12H10K2O4. The maximum Gasteiger partial charge on any atom is 1.00 e. The van der Waals surface area contributed by atoms with Crippen molar-refractivity contribution in [1.29, 1.82) is 0 Å². The van der Waals surface area contributed by atoms with E-state index in [-0.39, 0.29) is 117 Å². The molecule has 0 heterocycles. The third kappa shape index (κ3) is 3.95. The molecule has 2 aromatic rings. The van der Waals surface area contributed by atoms with Crippen LogP contribution in [0.4, 0.5) is 0 Å². The minimum absolute atomic E-state index is 0. The van der Waals surface area contributed by atoms with Crippen LogP contribution in [0.3, 0.4) is 0 Å². The van der Waals surface area contributed by atoms with Crippen LogP contribution in [0, 0.1) is 0 Å². The zero-order valence-electron chi connectivity index (χ0n) is 12.2. The molecule has 0 bridgehead atoms. The molecule has 0 aliphatic heterocycles. The molecule has 18 heavy (non-hydrogen) atoms. The van der Waals surface area contributed by atoms with Crippen molar-refractivity contribution >= 4 is 22.7 Å². The van der Waals surface area contributed by atoms with E-state index in [1.165, 1.54) is 24.3 Å². The summed E-state index contributed by atoms with van der Waals surface area (Å²) in [6.45, 7) is 0.